The third-order valence-corrected chi connectivity index (χ3v) is 3.28. The van der Waals surface area contributed by atoms with Crippen LogP contribution in [0.4, 0.5) is 11.4 Å². The van der Waals surface area contributed by atoms with Crippen molar-refractivity contribution in [3.05, 3.63) is 33.9 Å². The van der Waals surface area contributed by atoms with Gasteiger partial charge in [-0.25, -0.2) is 0 Å². The summed E-state index contributed by atoms with van der Waals surface area (Å²) in [5.74, 6) is 0. The fourth-order valence-corrected chi connectivity index (χ4v) is 2.38. The number of nitrogen functional groups attached to an aromatic ring is 1. The summed E-state index contributed by atoms with van der Waals surface area (Å²) < 4.78 is 5.58. The molecule has 1 aliphatic heterocycles. The van der Waals surface area contributed by atoms with E-state index < -0.39 is 4.92 Å². The van der Waals surface area contributed by atoms with Gasteiger partial charge in [-0.05, 0) is 31.5 Å². The van der Waals surface area contributed by atoms with Crippen LogP contribution >= 0.6 is 0 Å². The molecule has 104 valence electrons. The molecule has 1 atom stereocenters. The Bertz CT molecular complexity index is 458. The highest BCUT2D eigenvalue weighted by molar-refractivity contribution is 5.59. The van der Waals surface area contributed by atoms with Crippen molar-refractivity contribution in [2.75, 3.05) is 25.9 Å². The smallest absolute Gasteiger partial charge is 0.292 e. The summed E-state index contributed by atoms with van der Waals surface area (Å²) in [4.78, 5) is 12.4. The minimum Gasteiger partial charge on any atom is -0.393 e. The average molecular weight is 265 g/mol. The predicted octanol–water partition coefficient (Wildman–Crippen LogP) is 1.79. The number of nitro benzene ring substituents is 1. The number of ether oxygens (including phenoxy) is 1. The van der Waals surface area contributed by atoms with Crippen molar-refractivity contribution < 1.29 is 9.66 Å². The van der Waals surface area contributed by atoms with Gasteiger partial charge in [0.15, 0.2) is 0 Å². The molecule has 1 aliphatic rings. The SMILES string of the molecule is CN(Cc1ccc([N+](=O)[O-])c(N)c1)CC1CCCO1. The minimum atomic E-state index is -0.463. The van der Waals surface area contributed by atoms with Gasteiger partial charge in [-0.1, -0.05) is 6.07 Å². The molecule has 0 bridgehead atoms. The summed E-state index contributed by atoms with van der Waals surface area (Å²) in [7, 11) is 2.01. The number of nitrogens with two attached hydrogens (primary N) is 1. The molecule has 2 N–H and O–H groups in total. The number of anilines is 1. The average Bonchev–Trinajstić information content (AvgIpc) is 2.81. The first-order valence-electron chi connectivity index (χ1n) is 6.39. The molecule has 0 amide bonds. The first-order chi connectivity index (χ1) is 9.06. The minimum absolute atomic E-state index is 0.0365. The highest BCUT2D eigenvalue weighted by Crippen LogP contribution is 2.23. The molecule has 0 aliphatic carbocycles. The molecule has 6 nitrogen and oxygen atoms in total. The van der Waals surface area contributed by atoms with Crippen LogP contribution in [0.15, 0.2) is 18.2 Å². The van der Waals surface area contributed by atoms with E-state index in [0.717, 1.165) is 31.6 Å². The lowest BCUT2D eigenvalue weighted by Crippen LogP contribution is -2.28. The summed E-state index contributed by atoms with van der Waals surface area (Å²) in [5, 5.41) is 10.7. The van der Waals surface area contributed by atoms with Crippen molar-refractivity contribution in [1.29, 1.82) is 0 Å². The molecular formula is C13H19N3O3. The number of nitrogens with zero attached hydrogens (tertiary/aromatic N) is 2. The quantitative estimate of drug-likeness (QED) is 0.498. The van der Waals surface area contributed by atoms with Gasteiger partial charge in [-0.3, -0.25) is 15.0 Å². The van der Waals surface area contributed by atoms with Crippen molar-refractivity contribution in [1.82, 2.24) is 4.90 Å². The lowest BCUT2D eigenvalue weighted by Gasteiger charge is -2.20. The maximum Gasteiger partial charge on any atom is 0.292 e. The number of hydrogen-bond donors (Lipinski definition) is 1. The van der Waals surface area contributed by atoms with Crippen LogP contribution in [-0.4, -0.2) is 36.1 Å². The zero-order valence-corrected chi connectivity index (χ0v) is 11.0. The molecule has 1 fully saturated rings. The van der Waals surface area contributed by atoms with Crippen molar-refractivity contribution in [3.63, 3.8) is 0 Å². The van der Waals surface area contributed by atoms with Gasteiger partial charge in [0, 0.05) is 25.8 Å². The molecule has 0 spiro atoms. The van der Waals surface area contributed by atoms with Crippen LogP contribution in [0.2, 0.25) is 0 Å². The molecule has 0 aromatic heterocycles. The van der Waals surface area contributed by atoms with Crippen LogP contribution in [0, 0.1) is 10.1 Å². The van der Waals surface area contributed by atoms with Gasteiger partial charge in [-0.2, -0.15) is 0 Å². The summed E-state index contributed by atoms with van der Waals surface area (Å²) in [6.45, 7) is 2.43. The third-order valence-electron chi connectivity index (χ3n) is 3.28. The topological polar surface area (TPSA) is 81.6 Å². The first kappa shape index (κ1) is 13.8. The first-order valence-corrected chi connectivity index (χ1v) is 6.39. The highest BCUT2D eigenvalue weighted by atomic mass is 16.6. The predicted molar refractivity (Wildman–Crippen MR) is 72.8 cm³/mol. The van der Waals surface area contributed by atoms with Gasteiger partial charge >= 0.3 is 0 Å². The molecule has 0 radical (unpaired) electrons. The van der Waals surface area contributed by atoms with Gasteiger partial charge in [0.05, 0.1) is 11.0 Å². The van der Waals surface area contributed by atoms with Gasteiger partial charge < -0.3 is 10.5 Å². The van der Waals surface area contributed by atoms with Crippen molar-refractivity contribution in [3.8, 4) is 0 Å². The van der Waals surface area contributed by atoms with Crippen molar-refractivity contribution in [2.45, 2.75) is 25.5 Å². The lowest BCUT2D eigenvalue weighted by molar-refractivity contribution is -0.383. The Morgan fingerprint density at radius 3 is 2.95 bits per heavy atom. The Morgan fingerprint density at radius 2 is 2.37 bits per heavy atom. The Hall–Kier alpha value is -1.66. The van der Waals surface area contributed by atoms with E-state index in [2.05, 4.69) is 4.90 Å². The van der Waals surface area contributed by atoms with E-state index in [9.17, 15) is 10.1 Å². The maximum atomic E-state index is 10.7. The van der Waals surface area contributed by atoms with Gasteiger partial charge in [-0.15, -0.1) is 0 Å². The number of benzene rings is 1. The zero-order valence-electron chi connectivity index (χ0n) is 11.0. The van der Waals surface area contributed by atoms with E-state index in [0.29, 0.717) is 12.6 Å². The molecule has 2 rings (SSSR count). The van der Waals surface area contributed by atoms with Crippen molar-refractivity contribution in [2.24, 2.45) is 0 Å². The van der Waals surface area contributed by atoms with Gasteiger partial charge in [0.1, 0.15) is 5.69 Å². The van der Waals surface area contributed by atoms with Crippen LogP contribution in [0.3, 0.4) is 0 Å². The van der Waals surface area contributed by atoms with E-state index >= 15 is 0 Å². The molecule has 1 heterocycles. The third kappa shape index (κ3) is 3.65. The summed E-state index contributed by atoms with van der Waals surface area (Å²) in [6, 6.07) is 4.88. The van der Waals surface area contributed by atoms with E-state index in [4.69, 9.17) is 10.5 Å². The molecule has 1 unspecified atom stereocenters. The summed E-state index contributed by atoms with van der Waals surface area (Å²) in [5.41, 5.74) is 6.83. The van der Waals surface area contributed by atoms with E-state index in [-0.39, 0.29) is 11.4 Å². The second-order valence-electron chi connectivity index (χ2n) is 4.98. The van der Waals surface area contributed by atoms with Gasteiger partial charge in [0.2, 0.25) is 0 Å². The Balaban J connectivity index is 1.94. The summed E-state index contributed by atoms with van der Waals surface area (Å²) >= 11 is 0. The lowest BCUT2D eigenvalue weighted by atomic mass is 10.1. The molecule has 19 heavy (non-hydrogen) atoms. The van der Waals surface area contributed by atoms with E-state index in [1.807, 2.05) is 7.05 Å². The number of nitro groups is 1. The second kappa shape index (κ2) is 5.99. The maximum absolute atomic E-state index is 10.7. The second-order valence-corrected chi connectivity index (χ2v) is 4.98. The summed E-state index contributed by atoms with van der Waals surface area (Å²) in [6.07, 6.45) is 2.54. The molecule has 0 saturated carbocycles. The number of rotatable bonds is 5. The fourth-order valence-electron chi connectivity index (χ4n) is 2.38. The molecule has 1 saturated heterocycles. The Labute approximate surface area is 112 Å². The van der Waals surface area contributed by atoms with Gasteiger partial charge in [0.25, 0.3) is 5.69 Å². The molecule has 6 heteroatoms. The highest BCUT2D eigenvalue weighted by Gasteiger charge is 2.18. The zero-order chi connectivity index (χ0) is 13.8. The standard InChI is InChI=1S/C13H19N3O3/c1-15(9-11-3-2-6-19-11)8-10-4-5-13(16(17)18)12(14)7-10/h4-5,7,11H,2-3,6,8-9,14H2,1H3. The largest absolute Gasteiger partial charge is 0.393 e. The van der Waals surface area contributed by atoms with Crippen LogP contribution in [-0.2, 0) is 11.3 Å². The van der Waals surface area contributed by atoms with Crippen LogP contribution < -0.4 is 5.73 Å². The monoisotopic (exact) mass is 265 g/mol. The van der Waals surface area contributed by atoms with Crippen LogP contribution in [0.5, 0.6) is 0 Å². The van der Waals surface area contributed by atoms with E-state index in [1.165, 1.54) is 6.07 Å². The normalized spacial score (nSPS) is 18.9. The van der Waals surface area contributed by atoms with Crippen molar-refractivity contribution >= 4 is 11.4 Å². The number of likely N-dealkylation sites (N-methyl/N-ethyl adjacent to an activating group) is 1. The Kier molecular flexibility index (Phi) is 4.34. The number of hydrogen-bond acceptors (Lipinski definition) is 5. The molecule has 1 aromatic rings. The molecule has 1 aromatic carbocycles. The van der Waals surface area contributed by atoms with Crippen LogP contribution in [0.25, 0.3) is 0 Å². The molecular weight excluding hydrogens is 246 g/mol. The fraction of sp³-hybridized carbons (Fsp3) is 0.538. The van der Waals surface area contributed by atoms with E-state index in [1.54, 1.807) is 12.1 Å². The van der Waals surface area contributed by atoms with Crippen LogP contribution in [0.1, 0.15) is 18.4 Å². The Morgan fingerprint density at radius 1 is 1.58 bits per heavy atom.